The lowest BCUT2D eigenvalue weighted by molar-refractivity contribution is 0.129. The van der Waals surface area contributed by atoms with E-state index in [1.54, 1.807) is 0 Å². The highest BCUT2D eigenvalue weighted by Crippen LogP contribution is 2.38. The molecule has 164 valence electrons. The molecule has 2 aromatic carbocycles. The van der Waals surface area contributed by atoms with Crippen molar-refractivity contribution in [2.75, 3.05) is 5.32 Å². The molecule has 31 heavy (non-hydrogen) atoms. The molecule has 2 aliphatic carbocycles. The van der Waals surface area contributed by atoms with Gasteiger partial charge in [-0.1, -0.05) is 60.7 Å². The third kappa shape index (κ3) is 5.47. The number of aliphatic hydroxyl groups excluding tert-OH is 2. The van der Waals surface area contributed by atoms with Gasteiger partial charge in [-0.15, -0.1) is 0 Å². The molecule has 2 aliphatic rings. The van der Waals surface area contributed by atoms with Crippen molar-refractivity contribution in [1.82, 2.24) is 0 Å². The van der Waals surface area contributed by atoms with E-state index in [9.17, 15) is 10.2 Å². The fourth-order valence-electron chi connectivity index (χ4n) is 5.08. The summed E-state index contributed by atoms with van der Waals surface area (Å²) >= 11 is 0. The second-order valence-corrected chi connectivity index (χ2v) is 8.90. The summed E-state index contributed by atoms with van der Waals surface area (Å²) in [6, 6.07) is 16.8. The molecular weight excluding hydrogens is 382 g/mol. The molecule has 4 atom stereocenters. The monoisotopic (exact) mass is 417 g/mol. The Hall–Kier alpha value is -2.36. The molecule has 0 heterocycles. The zero-order chi connectivity index (χ0) is 21.5. The van der Waals surface area contributed by atoms with Crippen molar-refractivity contribution in [3.8, 4) is 0 Å². The third-order valence-electron chi connectivity index (χ3n) is 6.80. The van der Waals surface area contributed by atoms with E-state index in [2.05, 4.69) is 78.2 Å². The molecule has 0 saturated carbocycles. The molecule has 0 radical (unpaired) electrons. The first-order valence-electron chi connectivity index (χ1n) is 11.8. The Labute approximate surface area is 186 Å². The van der Waals surface area contributed by atoms with Crippen LogP contribution in [-0.2, 0) is 0 Å². The summed E-state index contributed by atoms with van der Waals surface area (Å²) in [5.74, 6) is 0.246. The Balaban J connectivity index is 1.63. The molecule has 3 heteroatoms. The molecule has 0 amide bonds. The van der Waals surface area contributed by atoms with Crippen molar-refractivity contribution in [1.29, 1.82) is 0 Å². The number of hydrogen-bond donors (Lipinski definition) is 3. The van der Waals surface area contributed by atoms with E-state index < -0.39 is 0 Å². The molecule has 0 aromatic heterocycles. The molecule has 4 rings (SSSR count). The van der Waals surface area contributed by atoms with Gasteiger partial charge in [0.1, 0.15) is 0 Å². The highest BCUT2D eigenvalue weighted by atomic mass is 16.3. The van der Waals surface area contributed by atoms with Crippen molar-refractivity contribution >= 4 is 11.4 Å². The van der Waals surface area contributed by atoms with Crippen LogP contribution in [0.1, 0.15) is 74.3 Å². The van der Waals surface area contributed by atoms with Crippen LogP contribution in [0.5, 0.6) is 0 Å². The average Bonchev–Trinajstić information content (AvgIpc) is 2.76. The number of allylic oxidation sites excluding steroid dienone is 4. The van der Waals surface area contributed by atoms with Crippen molar-refractivity contribution in [3.05, 3.63) is 84.0 Å². The van der Waals surface area contributed by atoms with Crippen LogP contribution in [0.3, 0.4) is 0 Å². The summed E-state index contributed by atoms with van der Waals surface area (Å²) in [5.41, 5.74) is 4.48. The quantitative estimate of drug-likeness (QED) is 0.493. The van der Waals surface area contributed by atoms with Crippen LogP contribution in [0, 0.1) is 0 Å². The average molecular weight is 418 g/mol. The number of benzene rings is 2. The van der Waals surface area contributed by atoms with E-state index in [0.717, 1.165) is 62.7 Å². The van der Waals surface area contributed by atoms with Gasteiger partial charge in [-0.2, -0.15) is 0 Å². The maximum Gasteiger partial charge on any atom is 0.0612 e. The largest absolute Gasteiger partial charge is 0.392 e. The maximum atomic E-state index is 10.9. The highest BCUT2D eigenvalue weighted by molar-refractivity contribution is 5.67. The van der Waals surface area contributed by atoms with E-state index in [0.29, 0.717) is 0 Å². The summed E-state index contributed by atoms with van der Waals surface area (Å²) in [7, 11) is 0. The van der Waals surface area contributed by atoms with E-state index in [1.165, 1.54) is 11.1 Å². The number of aliphatic hydroxyl groups is 2. The number of rotatable bonds is 4. The fraction of sp³-hybridized carbons (Fsp3) is 0.429. The predicted octanol–water partition coefficient (Wildman–Crippen LogP) is 6.58. The van der Waals surface area contributed by atoms with E-state index >= 15 is 0 Å². The maximum absolute atomic E-state index is 10.9. The number of hydrogen-bond acceptors (Lipinski definition) is 3. The minimum absolute atomic E-state index is 0.123. The Morgan fingerprint density at radius 3 is 1.39 bits per heavy atom. The molecule has 0 bridgehead atoms. The molecule has 0 aliphatic heterocycles. The number of para-hydroxylation sites is 2. The minimum atomic E-state index is -0.331. The lowest BCUT2D eigenvalue weighted by Crippen LogP contribution is -2.21. The van der Waals surface area contributed by atoms with Crippen LogP contribution in [0.15, 0.2) is 72.8 Å². The summed E-state index contributed by atoms with van der Waals surface area (Å²) in [6.45, 7) is 0. The van der Waals surface area contributed by atoms with Crippen LogP contribution in [0.4, 0.5) is 11.4 Å². The third-order valence-corrected chi connectivity index (χ3v) is 6.80. The molecule has 4 unspecified atom stereocenters. The summed E-state index contributed by atoms with van der Waals surface area (Å²) in [4.78, 5) is 0. The first-order chi connectivity index (χ1) is 15.2. The molecule has 0 saturated heterocycles. The second kappa shape index (κ2) is 10.8. The van der Waals surface area contributed by atoms with Gasteiger partial charge in [0.2, 0.25) is 0 Å². The Morgan fingerprint density at radius 1 is 0.548 bits per heavy atom. The lowest BCUT2D eigenvalue weighted by Gasteiger charge is -2.29. The smallest absolute Gasteiger partial charge is 0.0612 e. The van der Waals surface area contributed by atoms with Crippen LogP contribution in [-0.4, -0.2) is 22.4 Å². The Kier molecular flexibility index (Phi) is 7.61. The molecule has 3 nitrogen and oxygen atoms in total. The first kappa shape index (κ1) is 21.9. The SMILES string of the molecule is OC1CCC=CCCC1c1ccccc1Nc1ccccc1C1CCC=CCCC1O. The van der Waals surface area contributed by atoms with Gasteiger partial charge in [-0.3, -0.25) is 0 Å². The molecule has 0 spiro atoms. The van der Waals surface area contributed by atoms with Gasteiger partial charge in [0, 0.05) is 23.2 Å². The van der Waals surface area contributed by atoms with Crippen LogP contribution in [0.25, 0.3) is 0 Å². The van der Waals surface area contributed by atoms with Gasteiger partial charge in [0.15, 0.2) is 0 Å². The molecule has 0 fully saturated rings. The van der Waals surface area contributed by atoms with Crippen LogP contribution in [0.2, 0.25) is 0 Å². The van der Waals surface area contributed by atoms with Gasteiger partial charge >= 0.3 is 0 Å². The molecule has 2 aromatic rings. The standard InChI is InChI=1S/C28H35NO2/c30-27-19-7-3-1-5-15-23(27)21-13-9-11-17-25(21)29-26-18-12-10-14-22(26)24-16-6-2-4-8-20-28(24)31/h1-4,9-14,17-18,23-24,27-31H,5-8,15-16,19-20H2. The summed E-state index contributed by atoms with van der Waals surface area (Å²) in [6.07, 6.45) is 15.6. The topological polar surface area (TPSA) is 52.5 Å². The van der Waals surface area contributed by atoms with Crippen molar-refractivity contribution in [2.45, 2.75) is 75.4 Å². The lowest BCUT2D eigenvalue weighted by atomic mass is 9.83. The summed E-state index contributed by atoms with van der Waals surface area (Å²) in [5, 5.41) is 25.4. The zero-order valence-electron chi connectivity index (χ0n) is 18.3. The number of anilines is 2. The minimum Gasteiger partial charge on any atom is -0.392 e. The van der Waals surface area contributed by atoms with Gasteiger partial charge in [0.05, 0.1) is 12.2 Å². The van der Waals surface area contributed by atoms with Gasteiger partial charge in [-0.25, -0.2) is 0 Å². The second-order valence-electron chi connectivity index (χ2n) is 8.90. The summed E-state index contributed by atoms with van der Waals surface area (Å²) < 4.78 is 0. The first-order valence-corrected chi connectivity index (χ1v) is 11.8. The zero-order valence-corrected chi connectivity index (χ0v) is 18.3. The van der Waals surface area contributed by atoms with E-state index in [4.69, 9.17) is 0 Å². The number of nitrogens with one attached hydrogen (secondary N) is 1. The fourth-order valence-corrected chi connectivity index (χ4v) is 5.08. The van der Waals surface area contributed by atoms with Gasteiger partial charge in [-0.05, 0) is 74.6 Å². The van der Waals surface area contributed by atoms with E-state index in [1.807, 2.05) is 0 Å². The predicted molar refractivity (Wildman–Crippen MR) is 129 cm³/mol. The highest BCUT2D eigenvalue weighted by Gasteiger charge is 2.26. The van der Waals surface area contributed by atoms with Crippen molar-refractivity contribution < 1.29 is 10.2 Å². The van der Waals surface area contributed by atoms with Crippen LogP contribution < -0.4 is 5.32 Å². The van der Waals surface area contributed by atoms with Gasteiger partial charge in [0.25, 0.3) is 0 Å². The Bertz CT molecular complexity index is 830. The molecular formula is C28H35NO2. The van der Waals surface area contributed by atoms with E-state index in [-0.39, 0.29) is 24.0 Å². The van der Waals surface area contributed by atoms with Gasteiger partial charge < -0.3 is 15.5 Å². The van der Waals surface area contributed by atoms with Crippen molar-refractivity contribution in [3.63, 3.8) is 0 Å². The normalized spacial score (nSPS) is 27.0. The molecule has 3 N–H and O–H groups in total. The van der Waals surface area contributed by atoms with Crippen LogP contribution >= 0.6 is 0 Å². The van der Waals surface area contributed by atoms with Crippen molar-refractivity contribution in [2.24, 2.45) is 0 Å². The Morgan fingerprint density at radius 2 is 0.935 bits per heavy atom.